The van der Waals surface area contributed by atoms with Crippen molar-refractivity contribution in [2.45, 2.75) is 70.9 Å². The quantitative estimate of drug-likeness (QED) is 0.288. The molecule has 192 valence electrons. The van der Waals surface area contributed by atoms with Gasteiger partial charge in [-0.1, -0.05) is 55.1 Å². The van der Waals surface area contributed by atoms with Gasteiger partial charge in [0, 0.05) is 34.9 Å². The molecule has 6 heteroatoms. The zero-order valence-electron chi connectivity index (χ0n) is 21.4. The maximum Gasteiger partial charge on any atom is 0.269 e. The largest absolute Gasteiger partial charge is 0.494 e. The second-order valence-electron chi connectivity index (χ2n) is 10.3. The minimum Gasteiger partial charge on any atom is -0.494 e. The van der Waals surface area contributed by atoms with Crippen LogP contribution in [0.3, 0.4) is 0 Å². The van der Waals surface area contributed by atoms with Gasteiger partial charge in [-0.15, -0.1) is 0 Å². The molecular formula is C31H34ClN3O2. The normalized spacial score (nSPS) is 16.1. The summed E-state index contributed by atoms with van der Waals surface area (Å²) in [5, 5.41) is 4.13. The van der Waals surface area contributed by atoms with Gasteiger partial charge in [0.05, 0.1) is 12.3 Å². The summed E-state index contributed by atoms with van der Waals surface area (Å²) in [6, 6.07) is 16.5. The van der Waals surface area contributed by atoms with E-state index in [4.69, 9.17) is 16.3 Å². The van der Waals surface area contributed by atoms with Crippen LogP contribution >= 0.6 is 11.6 Å². The number of ether oxygens (including phenoxy) is 1. The fourth-order valence-electron chi connectivity index (χ4n) is 6.16. The van der Waals surface area contributed by atoms with Gasteiger partial charge in [0.2, 0.25) is 0 Å². The van der Waals surface area contributed by atoms with E-state index in [1.807, 2.05) is 31.2 Å². The van der Waals surface area contributed by atoms with Crippen LogP contribution in [0.1, 0.15) is 67.9 Å². The molecule has 0 spiro atoms. The first-order valence-electron chi connectivity index (χ1n) is 13.7. The van der Waals surface area contributed by atoms with Crippen LogP contribution in [-0.2, 0) is 13.0 Å². The molecule has 1 saturated carbocycles. The van der Waals surface area contributed by atoms with Crippen molar-refractivity contribution in [1.29, 1.82) is 0 Å². The minimum absolute atomic E-state index is 0.0254. The lowest BCUT2D eigenvalue weighted by molar-refractivity contribution is 0.0922. The number of nitrogens with zero attached hydrogens (tertiary/aromatic N) is 2. The van der Waals surface area contributed by atoms with Crippen molar-refractivity contribution in [2.24, 2.45) is 0 Å². The predicted octanol–water partition coefficient (Wildman–Crippen LogP) is 7.53. The first-order valence-corrected chi connectivity index (χ1v) is 14.1. The molecule has 0 saturated heterocycles. The molecule has 6 rings (SSSR count). The van der Waals surface area contributed by atoms with Gasteiger partial charge >= 0.3 is 0 Å². The summed E-state index contributed by atoms with van der Waals surface area (Å²) in [5.74, 6) is 0.876. The Morgan fingerprint density at radius 1 is 0.973 bits per heavy atom. The number of benzene rings is 2. The molecular weight excluding hydrogens is 482 g/mol. The lowest BCUT2D eigenvalue weighted by Gasteiger charge is -2.23. The molecule has 2 aromatic carbocycles. The maximum absolute atomic E-state index is 14.0. The molecule has 0 atom stereocenters. The third-order valence-corrected chi connectivity index (χ3v) is 8.14. The Morgan fingerprint density at radius 3 is 2.43 bits per heavy atom. The second kappa shape index (κ2) is 10.3. The average Bonchev–Trinajstić information content (AvgIpc) is 3.33. The first kappa shape index (κ1) is 24.2. The SMILES string of the molecule is CCOc1ccc(-c2c3c4n(c(-c5ccc(Cl)cc5)cn4c2C(=O)NC2CCCCC2)CCCC3)cc1. The molecule has 1 amide bonds. The van der Waals surface area contributed by atoms with E-state index in [0.29, 0.717) is 6.61 Å². The summed E-state index contributed by atoms with van der Waals surface area (Å²) >= 11 is 6.20. The zero-order chi connectivity index (χ0) is 25.4. The van der Waals surface area contributed by atoms with Crippen LogP contribution in [0.5, 0.6) is 5.75 Å². The molecule has 1 aliphatic carbocycles. The minimum atomic E-state index is 0.0254. The molecule has 0 unspecified atom stereocenters. The van der Waals surface area contributed by atoms with Crippen LogP contribution in [0.25, 0.3) is 28.0 Å². The fraction of sp³-hybridized carbons (Fsp3) is 0.387. The molecule has 1 fully saturated rings. The maximum atomic E-state index is 14.0. The second-order valence-corrected chi connectivity index (χ2v) is 10.7. The lowest BCUT2D eigenvalue weighted by Crippen LogP contribution is -2.37. The Morgan fingerprint density at radius 2 is 1.70 bits per heavy atom. The summed E-state index contributed by atoms with van der Waals surface area (Å²) in [7, 11) is 0. The monoisotopic (exact) mass is 515 g/mol. The van der Waals surface area contributed by atoms with Crippen molar-refractivity contribution in [3.8, 4) is 28.1 Å². The number of imidazole rings is 1. The van der Waals surface area contributed by atoms with Gasteiger partial charge in [-0.3, -0.25) is 9.20 Å². The van der Waals surface area contributed by atoms with Gasteiger partial charge in [-0.25, -0.2) is 0 Å². The Balaban J connectivity index is 1.54. The highest BCUT2D eigenvalue weighted by atomic mass is 35.5. The molecule has 0 bridgehead atoms. The number of amides is 1. The van der Waals surface area contributed by atoms with E-state index in [0.717, 1.165) is 83.1 Å². The highest BCUT2D eigenvalue weighted by molar-refractivity contribution is 6.30. The van der Waals surface area contributed by atoms with Crippen molar-refractivity contribution in [2.75, 3.05) is 6.61 Å². The molecule has 5 nitrogen and oxygen atoms in total. The van der Waals surface area contributed by atoms with E-state index in [-0.39, 0.29) is 11.9 Å². The average molecular weight is 516 g/mol. The number of aromatic nitrogens is 2. The number of hydrogen-bond acceptors (Lipinski definition) is 2. The summed E-state index contributed by atoms with van der Waals surface area (Å²) in [6.07, 6.45) is 11.0. The van der Waals surface area contributed by atoms with E-state index in [9.17, 15) is 4.79 Å². The van der Waals surface area contributed by atoms with E-state index in [1.54, 1.807) is 0 Å². The van der Waals surface area contributed by atoms with Crippen LogP contribution in [0, 0.1) is 0 Å². The summed E-state index contributed by atoms with van der Waals surface area (Å²) in [6.45, 7) is 3.55. The third kappa shape index (κ3) is 4.54. The molecule has 1 N–H and O–H groups in total. The molecule has 1 aliphatic heterocycles. The van der Waals surface area contributed by atoms with E-state index in [1.165, 1.54) is 24.8 Å². The van der Waals surface area contributed by atoms with Crippen molar-refractivity contribution >= 4 is 23.2 Å². The van der Waals surface area contributed by atoms with E-state index < -0.39 is 0 Å². The Kier molecular flexibility index (Phi) is 6.72. The van der Waals surface area contributed by atoms with Gasteiger partial charge in [0.25, 0.3) is 5.91 Å². The highest BCUT2D eigenvalue weighted by Crippen LogP contribution is 2.40. The molecule has 2 aromatic heterocycles. The van der Waals surface area contributed by atoms with Crippen LogP contribution in [-0.4, -0.2) is 27.5 Å². The number of halogens is 1. The third-order valence-electron chi connectivity index (χ3n) is 7.88. The Bertz CT molecular complexity index is 1410. The first-order chi connectivity index (χ1) is 18.1. The van der Waals surface area contributed by atoms with Crippen LogP contribution in [0.15, 0.2) is 54.7 Å². The summed E-state index contributed by atoms with van der Waals surface area (Å²) < 4.78 is 10.3. The summed E-state index contributed by atoms with van der Waals surface area (Å²) in [4.78, 5) is 14.0. The summed E-state index contributed by atoms with van der Waals surface area (Å²) in [5.41, 5.74) is 7.51. The number of hydrogen-bond donors (Lipinski definition) is 1. The van der Waals surface area contributed by atoms with E-state index in [2.05, 4.69) is 44.7 Å². The van der Waals surface area contributed by atoms with Gasteiger partial charge < -0.3 is 14.6 Å². The molecule has 3 heterocycles. The highest BCUT2D eigenvalue weighted by Gasteiger charge is 2.30. The lowest BCUT2D eigenvalue weighted by atomic mass is 9.94. The number of aryl methyl sites for hydroxylation is 2. The smallest absolute Gasteiger partial charge is 0.269 e. The van der Waals surface area contributed by atoms with Gasteiger partial charge in [-0.2, -0.15) is 0 Å². The van der Waals surface area contributed by atoms with Gasteiger partial charge in [-0.05, 0) is 74.4 Å². The Hall–Kier alpha value is -3.18. The number of rotatable bonds is 6. The van der Waals surface area contributed by atoms with Crippen molar-refractivity contribution < 1.29 is 9.53 Å². The van der Waals surface area contributed by atoms with Crippen molar-refractivity contribution in [1.82, 2.24) is 14.3 Å². The van der Waals surface area contributed by atoms with Crippen LogP contribution in [0.4, 0.5) is 0 Å². The number of carbonyl (C=O) groups is 1. The fourth-order valence-corrected chi connectivity index (χ4v) is 6.28. The molecule has 37 heavy (non-hydrogen) atoms. The van der Waals surface area contributed by atoms with Gasteiger partial charge in [0.15, 0.2) is 0 Å². The number of nitrogens with one attached hydrogen (secondary N) is 1. The topological polar surface area (TPSA) is 47.7 Å². The Labute approximate surface area is 223 Å². The standard InChI is InChI=1S/C31H34ClN3O2/c1-2-37-25-17-13-22(14-18-25)28-26-10-6-7-19-34-27(21-11-15-23(32)16-12-21)20-35(31(26)34)29(28)30(36)33-24-8-4-3-5-9-24/h11-18,20,24H,2-10,19H2,1H3,(H,33,36). The van der Waals surface area contributed by atoms with Gasteiger partial charge in [0.1, 0.15) is 17.1 Å². The molecule has 0 radical (unpaired) electrons. The number of carbonyl (C=O) groups excluding carboxylic acids is 1. The van der Waals surface area contributed by atoms with Crippen molar-refractivity contribution in [3.63, 3.8) is 0 Å². The molecule has 4 aromatic rings. The predicted molar refractivity (Wildman–Crippen MR) is 150 cm³/mol. The van der Waals surface area contributed by atoms with E-state index >= 15 is 0 Å². The van der Waals surface area contributed by atoms with Crippen molar-refractivity contribution in [3.05, 3.63) is 71.0 Å². The van der Waals surface area contributed by atoms with Crippen LogP contribution < -0.4 is 10.1 Å². The molecule has 2 aliphatic rings. The zero-order valence-corrected chi connectivity index (χ0v) is 22.2. The van der Waals surface area contributed by atoms with Crippen LogP contribution in [0.2, 0.25) is 5.02 Å².